The van der Waals surface area contributed by atoms with Gasteiger partial charge in [0.25, 0.3) is 5.91 Å². The van der Waals surface area contributed by atoms with Crippen molar-refractivity contribution in [3.63, 3.8) is 0 Å². The molecular weight excluding hydrogens is 343 g/mol. The van der Waals surface area contributed by atoms with E-state index in [2.05, 4.69) is 0 Å². The molecule has 2 saturated heterocycles. The highest BCUT2D eigenvalue weighted by Gasteiger charge is 2.52. The third-order valence-electron chi connectivity index (χ3n) is 6.35. The molecule has 0 unspecified atom stereocenters. The topological polar surface area (TPSA) is 59.1 Å². The SMILES string of the molecule is CC1(C)OB(c2ccc3c(c2)C(=O)N(CCN2CCCC2=O)C3)OC1(C)C. The van der Waals surface area contributed by atoms with E-state index < -0.39 is 18.3 Å². The maximum atomic E-state index is 12.8. The number of rotatable bonds is 4. The predicted octanol–water partition coefficient (Wildman–Crippen LogP) is 1.56. The van der Waals surface area contributed by atoms with Crippen molar-refractivity contribution in [2.24, 2.45) is 0 Å². The summed E-state index contributed by atoms with van der Waals surface area (Å²) in [6, 6.07) is 5.89. The van der Waals surface area contributed by atoms with Crippen molar-refractivity contribution in [2.75, 3.05) is 19.6 Å². The normalized spacial score (nSPS) is 23.5. The van der Waals surface area contributed by atoms with Gasteiger partial charge in [-0.15, -0.1) is 0 Å². The molecule has 4 rings (SSSR count). The fourth-order valence-electron chi connectivity index (χ4n) is 3.87. The Kier molecular flexibility index (Phi) is 4.35. The smallest absolute Gasteiger partial charge is 0.399 e. The van der Waals surface area contributed by atoms with Gasteiger partial charge in [0.15, 0.2) is 0 Å². The van der Waals surface area contributed by atoms with E-state index in [0.29, 0.717) is 26.1 Å². The van der Waals surface area contributed by atoms with Gasteiger partial charge in [-0.3, -0.25) is 9.59 Å². The summed E-state index contributed by atoms with van der Waals surface area (Å²) in [6.45, 7) is 10.7. The Morgan fingerprint density at radius 2 is 1.70 bits per heavy atom. The molecule has 7 heteroatoms. The summed E-state index contributed by atoms with van der Waals surface area (Å²) in [5, 5.41) is 0. The number of hydrogen-bond acceptors (Lipinski definition) is 4. The molecule has 0 N–H and O–H groups in total. The zero-order valence-electron chi connectivity index (χ0n) is 16.6. The maximum Gasteiger partial charge on any atom is 0.494 e. The first-order chi connectivity index (χ1) is 12.7. The van der Waals surface area contributed by atoms with Gasteiger partial charge in [-0.05, 0) is 51.2 Å². The van der Waals surface area contributed by atoms with Crippen LogP contribution in [0.5, 0.6) is 0 Å². The van der Waals surface area contributed by atoms with Crippen molar-refractivity contribution in [1.82, 2.24) is 9.80 Å². The van der Waals surface area contributed by atoms with Crippen LogP contribution in [0.4, 0.5) is 0 Å². The van der Waals surface area contributed by atoms with Crippen molar-refractivity contribution in [3.8, 4) is 0 Å². The van der Waals surface area contributed by atoms with Crippen molar-refractivity contribution in [1.29, 1.82) is 0 Å². The van der Waals surface area contributed by atoms with Crippen molar-refractivity contribution in [2.45, 2.75) is 58.3 Å². The van der Waals surface area contributed by atoms with Gasteiger partial charge in [0.05, 0.1) is 11.2 Å². The minimum absolute atomic E-state index is 0.0232. The molecule has 27 heavy (non-hydrogen) atoms. The van der Waals surface area contributed by atoms with E-state index in [1.807, 2.05) is 55.7 Å². The third-order valence-corrected chi connectivity index (χ3v) is 6.35. The number of carbonyl (C=O) groups is 2. The zero-order valence-corrected chi connectivity index (χ0v) is 16.6. The summed E-state index contributed by atoms with van der Waals surface area (Å²) in [7, 11) is -0.468. The van der Waals surface area contributed by atoms with Crippen LogP contribution in [0.15, 0.2) is 18.2 Å². The van der Waals surface area contributed by atoms with E-state index in [1.165, 1.54) is 0 Å². The minimum Gasteiger partial charge on any atom is -0.399 e. The summed E-state index contributed by atoms with van der Waals surface area (Å²) in [4.78, 5) is 28.3. The number of nitrogens with zero attached hydrogens (tertiary/aromatic N) is 2. The highest BCUT2D eigenvalue weighted by atomic mass is 16.7. The summed E-state index contributed by atoms with van der Waals surface area (Å²) in [5.41, 5.74) is 1.80. The molecule has 144 valence electrons. The molecule has 1 aromatic carbocycles. The van der Waals surface area contributed by atoms with Gasteiger partial charge in [-0.2, -0.15) is 0 Å². The second-order valence-electron chi connectivity index (χ2n) is 8.72. The molecule has 0 atom stereocenters. The van der Waals surface area contributed by atoms with E-state index in [-0.39, 0.29) is 11.8 Å². The molecule has 0 aromatic heterocycles. The lowest BCUT2D eigenvalue weighted by molar-refractivity contribution is -0.127. The molecular formula is C20H27BN2O4. The molecule has 3 heterocycles. The average molecular weight is 370 g/mol. The van der Waals surface area contributed by atoms with E-state index in [0.717, 1.165) is 29.6 Å². The van der Waals surface area contributed by atoms with Crippen LogP contribution in [0.1, 0.15) is 56.5 Å². The Morgan fingerprint density at radius 3 is 2.33 bits per heavy atom. The minimum atomic E-state index is -0.468. The zero-order chi connectivity index (χ0) is 19.4. The van der Waals surface area contributed by atoms with E-state index >= 15 is 0 Å². The van der Waals surface area contributed by atoms with Gasteiger partial charge in [0, 0.05) is 38.2 Å². The standard InChI is InChI=1S/C20H27BN2O4/c1-19(2)20(3,4)27-21(26-19)15-8-7-14-13-23(18(25)16(14)12-15)11-10-22-9-5-6-17(22)24/h7-8,12H,5-6,9-11,13H2,1-4H3. The van der Waals surface area contributed by atoms with Gasteiger partial charge in [0.1, 0.15) is 0 Å². The lowest BCUT2D eigenvalue weighted by Crippen LogP contribution is -2.41. The molecule has 6 nitrogen and oxygen atoms in total. The predicted molar refractivity (Wildman–Crippen MR) is 103 cm³/mol. The lowest BCUT2D eigenvalue weighted by Gasteiger charge is -2.32. The Morgan fingerprint density at radius 1 is 1.04 bits per heavy atom. The molecule has 1 aromatic rings. The second-order valence-corrected chi connectivity index (χ2v) is 8.72. The Labute approximate surface area is 160 Å². The van der Waals surface area contributed by atoms with Gasteiger partial charge in [0.2, 0.25) is 5.91 Å². The quantitative estimate of drug-likeness (QED) is 0.755. The lowest BCUT2D eigenvalue weighted by atomic mass is 9.78. The molecule has 0 aliphatic carbocycles. The monoisotopic (exact) mass is 370 g/mol. The maximum absolute atomic E-state index is 12.8. The number of amides is 2. The molecule has 2 amide bonds. The third kappa shape index (κ3) is 3.17. The molecule has 3 aliphatic rings. The molecule has 3 aliphatic heterocycles. The van der Waals surface area contributed by atoms with E-state index in [1.54, 1.807) is 0 Å². The molecule has 0 bridgehead atoms. The summed E-state index contributed by atoms with van der Waals surface area (Å²) < 4.78 is 12.2. The summed E-state index contributed by atoms with van der Waals surface area (Å²) in [6.07, 6.45) is 1.55. The average Bonchev–Trinajstić information content (AvgIpc) is 3.21. The van der Waals surface area contributed by atoms with Crippen LogP contribution in [0.25, 0.3) is 0 Å². The first kappa shape index (κ1) is 18.5. The van der Waals surface area contributed by atoms with Crippen LogP contribution < -0.4 is 5.46 Å². The number of fused-ring (bicyclic) bond motifs is 1. The van der Waals surface area contributed by atoms with Crippen LogP contribution in [0.2, 0.25) is 0 Å². The fraction of sp³-hybridized carbons (Fsp3) is 0.600. The van der Waals surface area contributed by atoms with Crippen LogP contribution in [-0.2, 0) is 20.6 Å². The number of hydrogen-bond donors (Lipinski definition) is 0. The number of benzene rings is 1. The van der Waals surface area contributed by atoms with E-state index in [9.17, 15) is 9.59 Å². The molecule has 2 fully saturated rings. The molecule has 0 radical (unpaired) electrons. The molecule has 0 spiro atoms. The number of likely N-dealkylation sites (tertiary alicyclic amines) is 1. The van der Waals surface area contributed by atoms with Gasteiger partial charge in [-0.1, -0.05) is 12.1 Å². The van der Waals surface area contributed by atoms with Crippen LogP contribution >= 0.6 is 0 Å². The Bertz CT molecular complexity index is 776. The van der Waals surface area contributed by atoms with Crippen molar-refractivity contribution >= 4 is 24.4 Å². The van der Waals surface area contributed by atoms with Gasteiger partial charge in [-0.25, -0.2) is 0 Å². The first-order valence-corrected chi connectivity index (χ1v) is 9.73. The van der Waals surface area contributed by atoms with Crippen molar-refractivity contribution in [3.05, 3.63) is 29.3 Å². The van der Waals surface area contributed by atoms with Crippen LogP contribution in [0, 0.1) is 0 Å². The van der Waals surface area contributed by atoms with Crippen LogP contribution in [-0.4, -0.2) is 59.6 Å². The van der Waals surface area contributed by atoms with Crippen molar-refractivity contribution < 1.29 is 18.9 Å². The Balaban J connectivity index is 1.46. The number of carbonyl (C=O) groups excluding carboxylic acids is 2. The highest BCUT2D eigenvalue weighted by Crippen LogP contribution is 2.36. The second kappa shape index (κ2) is 6.35. The molecule has 0 saturated carbocycles. The van der Waals surface area contributed by atoms with Crippen LogP contribution in [0.3, 0.4) is 0 Å². The highest BCUT2D eigenvalue weighted by molar-refractivity contribution is 6.62. The first-order valence-electron chi connectivity index (χ1n) is 9.73. The summed E-state index contributed by atoms with van der Waals surface area (Å²) in [5.74, 6) is 0.220. The van der Waals surface area contributed by atoms with Gasteiger partial charge < -0.3 is 19.1 Å². The summed E-state index contributed by atoms with van der Waals surface area (Å²) >= 11 is 0. The van der Waals surface area contributed by atoms with E-state index in [4.69, 9.17) is 9.31 Å². The fourth-order valence-corrected chi connectivity index (χ4v) is 3.87. The largest absolute Gasteiger partial charge is 0.494 e. The Hall–Kier alpha value is -1.86. The van der Waals surface area contributed by atoms with Gasteiger partial charge >= 0.3 is 7.12 Å².